The van der Waals surface area contributed by atoms with E-state index in [1.54, 1.807) is 4.90 Å². The summed E-state index contributed by atoms with van der Waals surface area (Å²) in [5.74, 6) is 2.24. The summed E-state index contributed by atoms with van der Waals surface area (Å²) >= 11 is 0. The molecule has 0 saturated carbocycles. The number of carbonyl (C=O) groups is 1. The van der Waals surface area contributed by atoms with Crippen LogP contribution in [0, 0.1) is 12.3 Å². The molecule has 0 atom stereocenters. The first kappa shape index (κ1) is 8.88. The average molecular weight is 169 g/mol. The number of amides is 1. The maximum atomic E-state index is 11.1. The van der Waals surface area contributed by atoms with Gasteiger partial charge in [-0.3, -0.25) is 0 Å². The highest BCUT2D eigenvalue weighted by Gasteiger charge is 2.17. The topological polar surface area (TPSA) is 38.8 Å². The van der Waals surface area contributed by atoms with Gasteiger partial charge in [-0.05, 0) is 0 Å². The Morgan fingerprint density at radius 1 is 1.58 bits per heavy atom. The molecule has 0 N–H and O–H groups in total. The summed E-state index contributed by atoms with van der Waals surface area (Å²) in [6, 6.07) is 0. The van der Waals surface area contributed by atoms with E-state index >= 15 is 0 Å². The minimum Gasteiger partial charge on any atom is -0.436 e. The Morgan fingerprint density at radius 2 is 2.25 bits per heavy atom. The van der Waals surface area contributed by atoms with Gasteiger partial charge in [-0.2, -0.15) is 0 Å². The molecule has 1 rings (SSSR count). The molecule has 1 heterocycles. The van der Waals surface area contributed by atoms with E-state index in [-0.39, 0.29) is 12.7 Å². The fourth-order valence-corrected chi connectivity index (χ4v) is 0.941. The molecule has 0 bridgehead atoms. The van der Waals surface area contributed by atoms with Crippen LogP contribution in [-0.4, -0.2) is 43.9 Å². The molecule has 66 valence electrons. The summed E-state index contributed by atoms with van der Waals surface area (Å²) < 4.78 is 9.79. The van der Waals surface area contributed by atoms with E-state index in [1.807, 2.05) is 0 Å². The van der Waals surface area contributed by atoms with Crippen LogP contribution in [0.25, 0.3) is 0 Å². The van der Waals surface area contributed by atoms with Gasteiger partial charge in [0.25, 0.3) is 0 Å². The number of carbonyl (C=O) groups excluding carboxylic acids is 1. The smallest absolute Gasteiger partial charge is 0.410 e. The number of nitrogens with zero attached hydrogens (tertiary/aromatic N) is 1. The Labute approximate surface area is 71.4 Å². The summed E-state index contributed by atoms with van der Waals surface area (Å²) in [7, 11) is 0. The Morgan fingerprint density at radius 3 is 2.83 bits per heavy atom. The van der Waals surface area contributed by atoms with Gasteiger partial charge in [0.15, 0.2) is 6.61 Å². The van der Waals surface area contributed by atoms with Gasteiger partial charge in [0.05, 0.1) is 13.2 Å². The van der Waals surface area contributed by atoms with Gasteiger partial charge in [-0.1, -0.05) is 5.92 Å². The van der Waals surface area contributed by atoms with Gasteiger partial charge in [-0.15, -0.1) is 6.42 Å². The number of ether oxygens (including phenoxy) is 2. The first-order chi connectivity index (χ1) is 5.84. The van der Waals surface area contributed by atoms with Crippen LogP contribution in [0.5, 0.6) is 0 Å². The second-order valence-electron chi connectivity index (χ2n) is 2.36. The van der Waals surface area contributed by atoms with E-state index < -0.39 is 0 Å². The standard InChI is InChI=1S/C8H11NO3/c1-2-5-12-8(10)9-3-6-11-7-4-9/h1H,3-7H2. The molecule has 1 saturated heterocycles. The van der Waals surface area contributed by atoms with Crippen LogP contribution in [-0.2, 0) is 9.47 Å². The summed E-state index contributed by atoms with van der Waals surface area (Å²) in [6.07, 6.45) is 4.59. The Hall–Kier alpha value is -1.21. The van der Waals surface area contributed by atoms with Crippen molar-refractivity contribution in [3.8, 4) is 12.3 Å². The lowest BCUT2D eigenvalue weighted by atomic mass is 10.5. The number of terminal acetylenes is 1. The van der Waals surface area contributed by atoms with Crippen LogP contribution in [0.2, 0.25) is 0 Å². The highest BCUT2D eigenvalue weighted by atomic mass is 16.6. The second kappa shape index (κ2) is 4.62. The van der Waals surface area contributed by atoms with Crippen LogP contribution in [0.15, 0.2) is 0 Å². The van der Waals surface area contributed by atoms with Crippen molar-refractivity contribution < 1.29 is 14.3 Å². The predicted octanol–water partition coefficient (Wildman–Crippen LogP) is 0.0884. The lowest BCUT2D eigenvalue weighted by Gasteiger charge is -2.25. The van der Waals surface area contributed by atoms with E-state index in [4.69, 9.17) is 15.9 Å². The number of morpholine rings is 1. The van der Waals surface area contributed by atoms with Gasteiger partial charge < -0.3 is 14.4 Å². The van der Waals surface area contributed by atoms with Gasteiger partial charge >= 0.3 is 6.09 Å². The van der Waals surface area contributed by atoms with Crippen LogP contribution < -0.4 is 0 Å². The zero-order valence-corrected chi connectivity index (χ0v) is 6.78. The monoisotopic (exact) mass is 169 g/mol. The van der Waals surface area contributed by atoms with E-state index in [0.717, 1.165) is 0 Å². The van der Waals surface area contributed by atoms with Crippen molar-refractivity contribution in [1.82, 2.24) is 4.90 Å². The zero-order chi connectivity index (χ0) is 8.81. The molecule has 1 aliphatic heterocycles. The molecule has 4 nitrogen and oxygen atoms in total. The Bertz CT molecular complexity index is 191. The minimum atomic E-state index is -0.351. The molecule has 0 aromatic rings. The predicted molar refractivity (Wildman–Crippen MR) is 42.6 cm³/mol. The fourth-order valence-electron chi connectivity index (χ4n) is 0.941. The zero-order valence-electron chi connectivity index (χ0n) is 6.78. The molecule has 0 spiro atoms. The quantitative estimate of drug-likeness (QED) is 0.522. The molecule has 0 unspecified atom stereocenters. The molecule has 1 amide bonds. The van der Waals surface area contributed by atoms with E-state index in [0.29, 0.717) is 26.3 Å². The molecule has 1 fully saturated rings. The third kappa shape index (κ3) is 2.44. The van der Waals surface area contributed by atoms with Crippen molar-refractivity contribution in [3.63, 3.8) is 0 Å². The lowest BCUT2D eigenvalue weighted by Crippen LogP contribution is -2.41. The van der Waals surface area contributed by atoms with Crippen molar-refractivity contribution in [2.45, 2.75) is 0 Å². The lowest BCUT2D eigenvalue weighted by molar-refractivity contribution is 0.0306. The fraction of sp³-hybridized carbons (Fsp3) is 0.625. The summed E-state index contributed by atoms with van der Waals surface area (Å²) in [5, 5.41) is 0. The highest BCUT2D eigenvalue weighted by Crippen LogP contribution is 1.98. The maximum Gasteiger partial charge on any atom is 0.410 e. The average Bonchev–Trinajstić information content (AvgIpc) is 2.15. The third-order valence-corrected chi connectivity index (χ3v) is 1.55. The molecular formula is C8H11NO3. The van der Waals surface area contributed by atoms with Crippen LogP contribution in [0.4, 0.5) is 4.79 Å². The van der Waals surface area contributed by atoms with Gasteiger partial charge in [0, 0.05) is 13.1 Å². The van der Waals surface area contributed by atoms with E-state index in [2.05, 4.69) is 5.92 Å². The summed E-state index contributed by atoms with van der Waals surface area (Å²) in [4.78, 5) is 12.7. The van der Waals surface area contributed by atoms with Gasteiger partial charge in [0.2, 0.25) is 0 Å². The number of hydrogen-bond acceptors (Lipinski definition) is 3. The highest BCUT2D eigenvalue weighted by molar-refractivity contribution is 5.67. The van der Waals surface area contributed by atoms with E-state index in [9.17, 15) is 4.79 Å². The normalized spacial score (nSPS) is 16.8. The molecule has 4 heteroatoms. The molecule has 0 radical (unpaired) electrons. The second-order valence-corrected chi connectivity index (χ2v) is 2.36. The van der Waals surface area contributed by atoms with Crippen LogP contribution >= 0.6 is 0 Å². The first-order valence-electron chi connectivity index (χ1n) is 3.77. The largest absolute Gasteiger partial charge is 0.436 e. The maximum absolute atomic E-state index is 11.1. The van der Waals surface area contributed by atoms with Gasteiger partial charge in [0.1, 0.15) is 0 Å². The molecule has 0 aliphatic carbocycles. The van der Waals surface area contributed by atoms with E-state index in [1.165, 1.54) is 0 Å². The Balaban J connectivity index is 2.26. The van der Waals surface area contributed by atoms with Crippen molar-refractivity contribution in [1.29, 1.82) is 0 Å². The first-order valence-corrected chi connectivity index (χ1v) is 3.77. The molecule has 0 aromatic carbocycles. The number of hydrogen-bond donors (Lipinski definition) is 0. The summed E-state index contributed by atoms with van der Waals surface area (Å²) in [5.41, 5.74) is 0. The van der Waals surface area contributed by atoms with Crippen LogP contribution in [0.1, 0.15) is 0 Å². The van der Waals surface area contributed by atoms with Crippen LogP contribution in [0.3, 0.4) is 0 Å². The molecular weight excluding hydrogens is 158 g/mol. The minimum absolute atomic E-state index is 0.0379. The Kier molecular flexibility index (Phi) is 3.42. The van der Waals surface area contributed by atoms with Crippen molar-refractivity contribution >= 4 is 6.09 Å². The van der Waals surface area contributed by atoms with Gasteiger partial charge in [-0.25, -0.2) is 4.79 Å². The molecule has 1 aliphatic rings. The third-order valence-electron chi connectivity index (χ3n) is 1.55. The number of rotatable bonds is 1. The van der Waals surface area contributed by atoms with Crippen molar-refractivity contribution in [2.75, 3.05) is 32.9 Å². The summed E-state index contributed by atoms with van der Waals surface area (Å²) in [6.45, 7) is 2.36. The molecule has 12 heavy (non-hydrogen) atoms. The SMILES string of the molecule is C#CCOC(=O)N1CCOCC1. The molecule has 0 aromatic heterocycles. The van der Waals surface area contributed by atoms with Crippen molar-refractivity contribution in [2.24, 2.45) is 0 Å². The van der Waals surface area contributed by atoms with Crippen molar-refractivity contribution in [3.05, 3.63) is 0 Å².